The van der Waals surface area contributed by atoms with Crippen LogP contribution in [-0.4, -0.2) is 27.2 Å². The Labute approximate surface area is 160 Å². The largest absolute Gasteiger partial charge is 0.337 e. The topological polar surface area (TPSA) is 54.7 Å². The Hall–Kier alpha value is -3.25. The van der Waals surface area contributed by atoms with Crippen LogP contribution in [0.2, 0.25) is 0 Å². The summed E-state index contributed by atoms with van der Waals surface area (Å²) in [6.07, 6.45) is 1.38. The molecule has 6 heteroatoms. The Morgan fingerprint density at radius 3 is 2.44 bits per heavy atom. The number of amides is 1. The van der Waals surface area contributed by atoms with E-state index in [0.29, 0.717) is 11.5 Å². The number of benzene rings is 2. The van der Waals surface area contributed by atoms with Gasteiger partial charge in [-0.15, -0.1) is 11.3 Å². The Morgan fingerprint density at radius 2 is 1.74 bits per heavy atom. The van der Waals surface area contributed by atoms with Gasteiger partial charge in [0.25, 0.3) is 11.5 Å². The molecule has 27 heavy (non-hydrogen) atoms. The SMILES string of the molecule is CN(Cc1ccccc1)C(=O)c1cnc2scc(-c3ccccc3)n2c1=O. The van der Waals surface area contributed by atoms with Crippen molar-refractivity contribution in [2.75, 3.05) is 7.05 Å². The Bertz CT molecular complexity index is 1150. The lowest BCUT2D eigenvalue weighted by atomic mass is 10.2. The molecule has 2 aromatic carbocycles. The van der Waals surface area contributed by atoms with Crippen molar-refractivity contribution < 1.29 is 4.79 Å². The molecule has 5 nitrogen and oxygen atoms in total. The molecule has 0 saturated heterocycles. The van der Waals surface area contributed by atoms with E-state index >= 15 is 0 Å². The molecule has 0 aliphatic rings. The fraction of sp³-hybridized carbons (Fsp3) is 0.0952. The molecular weight excluding hydrogens is 358 g/mol. The predicted octanol–water partition coefficient (Wildman–Crippen LogP) is 3.70. The summed E-state index contributed by atoms with van der Waals surface area (Å²) >= 11 is 1.38. The van der Waals surface area contributed by atoms with Gasteiger partial charge < -0.3 is 4.90 Å². The van der Waals surface area contributed by atoms with Crippen molar-refractivity contribution in [2.24, 2.45) is 0 Å². The average molecular weight is 375 g/mol. The lowest BCUT2D eigenvalue weighted by Gasteiger charge is -2.17. The van der Waals surface area contributed by atoms with Crippen molar-refractivity contribution in [1.29, 1.82) is 0 Å². The van der Waals surface area contributed by atoms with Gasteiger partial charge >= 0.3 is 0 Å². The molecular formula is C21H17N3O2S. The first-order chi connectivity index (χ1) is 13.1. The molecule has 0 N–H and O–H groups in total. The van der Waals surface area contributed by atoms with Gasteiger partial charge in [0.2, 0.25) is 0 Å². The van der Waals surface area contributed by atoms with Crippen LogP contribution >= 0.6 is 11.3 Å². The lowest BCUT2D eigenvalue weighted by molar-refractivity contribution is 0.0782. The molecule has 0 radical (unpaired) electrons. The maximum atomic E-state index is 13.1. The quantitative estimate of drug-likeness (QED) is 0.547. The van der Waals surface area contributed by atoms with Crippen LogP contribution in [0, 0.1) is 0 Å². The predicted molar refractivity (Wildman–Crippen MR) is 107 cm³/mol. The second kappa shape index (κ2) is 7.17. The van der Waals surface area contributed by atoms with Crippen molar-refractivity contribution in [3.8, 4) is 11.3 Å². The second-order valence-electron chi connectivity index (χ2n) is 6.23. The van der Waals surface area contributed by atoms with E-state index < -0.39 is 0 Å². The first-order valence-corrected chi connectivity index (χ1v) is 9.37. The van der Waals surface area contributed by atoms with Gasteiger partial charge in [0.1, 0.15) is 5.56 Å². The summed E-state index contributed by atoms with van der Waals surface area (Å²) in [6.45, 7) is 0.428. The average Bonchev–Trinajstić information content (AvgIpc) is 3.14. The molecule has 0 aliphatic heterocycles. The molecule has 0 fully saturated rings. The summed E-state index contributed by atoms with van der Waals surface area (Å²) in [5.41, 5.74) is 2.39. The number of fused-ring (bicyclic) bond motifs is 1. The Morgan fingerprint density at radius 1 is 1.07 bits per heavy atom. The zero-order valence-electron chi connectivity index (χ0n) is 14.7. The van der Waals surface area contributed by atoms with Crippen LogP contribution in [0.15, 0.2) is 77.0 Å². The van der Waals surface area contributed by atoms with Crippen molar-refractivity contribution in [3.05, 3.63) is 93.7 Å². The number of carbonyl (C=O) groups is 1. The smallest absolute Gasteiger partial charge is 0.271 e. The molecule has 0 spiro atoms. The summed E-state index contributed by atoms with van der Waals surface area (Å²) < 4.78 is 1.52. The van der Waals surface area contributed by atoms with Gasteiger partial charge in [-0.1, -0.05) is 60.7 Å². The summed E-state index contributed by atoms with van der Waals surface area (Å²) in [6, 6.07) is 19.3. The molecule has 134 valence electrons. The summed E-state index contributed by atoms with van der Waals surface area (Å²) in [7, 11) is 1.69. The highest BCUT2D eigenvalue weighted by atomic mass is 32.1. The van der Waals surface area contributed by atoms with E-state index in [1.54, 1.807) is 7.05 Å². The molecule has 0 aliphatic carbocycles. The van der Waals surface area contributed by atoms with Gasteiger partial charge in [0.15, 0.2) is 4.96 Å². The van der Waals surface area contributed by atoms with Gasteiger partial charge in [-0.2, -0.15) is 0 Å². The van der Waals surface area contributed by atoms with Gasteiger partial charge in [-0.05, 0) is 11.1 Å². The van der Waals surface area contributed by atoms with E-state index in [2.05, 4.69) is 4.98 Å². The van der Waals surface area contributed by atoms with Gasteiger partial charge in [0.05, 0.1) is 5.69 Å². The van der Waals surface area contributed by atoms with Gasteiger partial charge in [0, 0.05) is 25.2 Å². The van der Waals surface area contributed by atoms with E-state index in [4.69, 9.17) is 0 Å². The normalized spacial score (nSPS) is 10.9. The first kappa shape index (κ1) is 17.2. The summed E-state index contributed by atoms with van der Waals surface area (Å²) in [5, 5.41) is 1.89. The molecule has 2 aromatic heterocycles. The molecule has 4 rings (SSSR count). The van der Waals surface area contributed by atoms with E-state index in [1.165, 1.54) is 26.8 Å². The molecule has 0 bridgehead atoms. The van der Waals surface area contributed by atoms with Gasteiger partial charge in [-0.25, -0.2) is 4.98 Å². The Balaban J connectivity index is 1.73. The molecule has 0 unspecified atom stereocenters. The third-order valence-electron chi connectivity index (χ3n) is 4.35. The monoisotopic (exact) mass is 375 g/mol. The van der Waals surface area contributed by atoms with E-state index in [0.717, 1.165) is 16.8 Å². The third-order valence-corrected chi connectivity index (χ3v) is 5.19. The Kier molecular flexibility index (Phi) is 4.56. The van der Waals surface area contributed by atoms with Crippen LogP contribution in [0.5, 0.6) is 0 Å². The van der Waals surface area contributed by atoms with E-state index in [-0.39, 0.29) is 17.0 Å². The van der Waals surface area contributed by atoms with Crippen LogP contribution in [0.3, 0.4) is 0 Å². The van der Waals surface area contributed by atoms with Crippen molar-refractivity contribution in [3.63, 3.8) is 0 Å². The van der Waals surface area contributed by atoms with E-state index in [1.807, 2.05) is 66.0 Å². The second-order valence-corrected chi connectivity index (χ2v) is 7.07. The zero-order valence-corrected chi connectivity index (χ0v) is 15.5. The number of aromatic nitrogens is 2. The molecule has 0 saturated carbocycles. The van der Waals surface area contributed by atoms with E-state index in [9.17, 15) is 9.59 Å². The highest BCUT2D eigenvalue weighted by molar-refractivity contribution is 7.15. The maximum absolute atomic E-state index is 13.1. The minimum absolute atomic E-state index is 0.0708. The maximum Gasteiger partial charge on any atom is 0.271 e. The first-order valence-electron chi connectivity index (χ1n) is 8.49. The van der Waals surface area contributed by atoms with Crippen molar-refractivity contribution in [2.45, 2.75) is 6.54 Å². The molecule has 1 amide bonds. The molecule has 2 heterocycles. The van der Waals surface area contributed by atoms with Crippen molar-refractivity contribution >= 4 is 22.2 Å². The number of hydrogen-bond donors (Lipinski definition) is 0. The highest BCUT2D eigenvalue weighted by Gasteiger charge is 2.20. The van der Waals surface area contributed by atoms with Crippen molar-refractivity contribution in [1.82, 2.24) is 14.3 Å². The number of thiazole rings is 1. The van der Waals surface area contributed by atoms with Crippen LogP contribution in [-0.2, 0) is 6.54 Å². The molecule has 0 atom stereocenters. The number of hydrogen-bond acceptors (Lipinski definition) is 4. The summed E-state index contributed by atoms with van der Waals surface area (Å²) in [5.74, 6) is -0.337. The van der Waals surface area contributed by atoms with Crippen LogP contribution in [0.25, 0.3) is 16.2 Å². The fourth-order valence-corrected chi connectivity index (χ4v) is 3.84. The number of rotatable bonds is 4. The van der Waals surface area contributed by atoms with Crippen LogP contribution in [0.4, 0.5) is 0 Å². The fourth-order valence-electron chi connectivity index (χ4n) is 2.98. The number of nitrogens with zero attached hydrogens (tertiary/aromatic N) is 3. The zero-order chi connectivity index (χ0) is 18.8. The highest BCUT2D eigenvalue weighted by Crippen LogP contribution is 2.23. The standard InChI is InChI=1S/C21H17N3O2S/c1-23(13-15-8-4-2-5-9-15)19(25)17-12-22-21-24(20(17)26)18(14-27-21)16-10-6-3-7-11-16/h2-12,14H,13H2,1H3. The molecule has 4 aromatic rings. The minimum atomic E-state index is -0.343. The summed E-state index contributed by atoms with van der Waals surface area (Å²) in [4.78, 5) is 32.4. The van der Waals surface area contributed by atoms with Gasteiger partial charge in [-0.3, -0.25) is 14.0 Å². The third kappa shape index (κ3) is 3.27. The number of carbonyl (C=O) groups excluding carboxylic acids is 1. The lowest BCUT2D eigenvalue weighted by Crippen LogP contribution is -2.32. The van der Waals surface area contributed by atoms with Crippen LogP contribution < -0.4 is 5.56 Å². The van der Waals surface area contributed by atoms with Crippen LogP contribution in [0.1, 0.15) is 15.9 Å². The minimum Gasteiger partial charge on any atom is -0.337 e.